The van der Waals surface area contributed by atoms with Gasteiger partial charge in [0, 0.05) is 18.8 Å². The van der Waals surface area contributed by atoms with Gasteiger partial charge in [-0.05, 0) is 19.4 Å². The summed E-state index contributed by atoms with van der Waals surface area (Å²) in [6.07, 6.45) is -0.619. The Morgan fingerprint density at radius 1 is 1.17 bits per heavy atom. The fourth-order valence-electron chi connectivity index (χ4n) is 2.76. The molecule has 0 radical (unpaired) electrons. The molecule has 1 heterocycles. The molecule has 0 amide bonds. The van der Waals surface area contributed by atoms with E-state index in [0.29, 0.717) is 12.6 Å². The van der Waals surface area contributed by atoms with Crippen LogP contribution < -0.4 is 9.64 Å². The minimum atomic E-state index is -4.67. The van der Waals surface area contributed by atoms with Crippen LogP contribution in [0.2, 0.25) is 0 Å². The zero-order chi connectivity index (χ0) is 21.4. The molecular formula is C19H23F3N4O3. The van der Waals surface area contributed by atoms with Gasteiger partial charge in [0.1, 0.15) is 11.3 Å². The minimum absolute atomic E-state index is 0.0944. The molecule has 2 aromatic rings. The molecule has 1 aromatic heterocycles. The number of nitro groups is 1. The second-order valence-electron chi connectivity index (χ2n) is 6.29. The number of alkyl halides is 3. The van der Waals surface area contributed by atoms with Crippen LogP contribution in [0.3, 0.4) is 0 Å². The van der Waals surface area contributed by atoms with Gasteiger partial charge in [0.25, 0.3) is 5.69 Å². The first-order valence-corrected chi connectivity index (χ1v) is 9.37. The van der Waals surface area contributed by atoms with E-state index >= 15 is 0 Å². The third-order valence-electron chi connectivity index (χ3n) is 4.21. The summed E-state index contributed by atoms with van der Waals surface area (Å²) in [6, 6.07) is 5.91. The van der Waals surface area contributed by atoms with Crippen molar-refractivity contribution < 1.29 is 22.8 Å². The number of unbranched alkanes of at least 4 members (excludes halogenated alkanes) is 3. The van der Waals surface area contributed by atoms with E-state index in [0.717, 1.165) is 19.3 Å². The van der Waals surface area contributed by atoms with Gasteiger partial charge in [-0.1, -0.05) is 38.3 Å². The maximum absolute atomic E-state index is 13.3. The molecule has 1 aromatic carbocycles. The standard InChI is InChI=1S/C19H23F3N4O3/c1-3-5-6-9-12-29-17-14(19(20,21)22)13-23-18(24-17)25(4-2)15-10-7-8-11-16(15)26(27)28/h7-8,10-11,13H,3-6,9,12H2,1-2H3. The number of benzene rings is 1. The van der Waals surface area contributed by atoms with Crippen molar-refractivity contribution in [3.63, 3.8) is 0 Å². The highest BCUT2D eigenvalue weighted by atomic mass is 19.4. The van der Waals surface area contributed by atoms with Crippen LogP contribution >= 0.6 is 0 Å². The molecule has 0 aliphatic heterocycles. The number of hydrogen-bond acceptors (Lipinski definition) is 6. The Morgan fingerprint density at radius 3 is 2.52 bits per heavy atom. The van der Waals surface area contributed by atoms with Crippen molar-refractivity contribution in [3.8, 4) is 5.88 Å². The van der Waals surface area contributed by atoms with E-state index in [1.54, 1.807) is 13.0 Å². The number of rotatable bonds is 10. The smallest absolute Gasteiger partial charge is 0.423 e. The highest BCUT2D eigenvalue weighted by Crippen LogP contribution is 2.37. The number of halogens is 3. The lowest BCUT2D eigenvalue weighted by Gasteiger charge is -2.22. The lowest BCUT2D eigenvalue weighted by Crippen LogP contribution is -2.21. The highest BCUT2D eigenvalue weighted by molar-refractivity contribution is 5.69. The summed E-state index contributed by atoms with van der Waals surface area (Å²) in [6.45, 7) is 4.04. The summed E-state index contributed by atoms with van der Waals surface area (Å²) in [5, 5.41) is 11.3. The molecule has 7 nitrogen and oxygen atoms in total. The quantitative estimate of drug-likeness (QED) is 0.290. The summed E-state index contributed by atoms with van der Waals surface area (Å²) in [4.78, 5) is 19.9. The van der Waals surface area contributed by atoms with Gasteiger partial charge in [-0.2, -0.15) is 18.2 Å². The summed E-state index contributed by atoms with van der Waals surface area (Å²) in [5.74, 6) is -0.672. The van der Waals surface area contributed by atoms with Crippen molar-refractivity contribution in [2.24, 2.45) is 0 Å². The lowest BCUT2D eigenvalue weighted by molar-refractivity contribution is -0.384. The minimum Gasteiger partial charge on any atom is -0.477 e. The lowest BCUT2D eigenvalue weighted by atomic mass is 10.2. The largest absolute Gasteiger partial charge is 0.477 e. The molecule has 10 heteroatoms. The highest BCUT2D eigenvalue weighted by Gasteiger charge is 2.37. The van der Waals surface area contributed by atoms with E-state index in [4.69, 9.17) is 4.74 Å². The number of anilines is 2. The molecule has 2 rings (SSSR count). The maximum atomic E-state index is 13.3. The second kappa shape index (κ2) is 10.0. The molecule has 0 bridgehead atoms. The van der Waals surface area contributed by atoms with E-state index in [-0.39, 0.29) is 30.5 Å². The maximum Gasteiger partial charge on any atom is 0.423 e. The molecule has 0 atom stereocenters. The Morgan fingerprint density at radius 2 is 1.90 bits per heavy atom. The van der Waals surface area contributed by atoms with Crippen molar-refractivity contribution in [2.45, 2.75) is 45.7 Å². The molecule has 0 spiro atoms. The molecule has 0 saturated carbocycles. The SMILES string of the molecule is CCCCCCOc1nc(N(CC)c2ccccc2[N+](=O)[O-])ncc1C(F)(F)F. The van der Waals surface area contributed by atoms with Gasteiger partial charge in [0.05, 0.1) is 11.5 Å². The fourth-order valence-corrected chi connectivity index (χ4v) is 2.76. The van der Waals surface area contributed by atoms with Crippen LogP contribution in [0.25, 0.3) is 0 Å². The van der Waals surface area contributed by atoms with Crippen molar-refractivity contribution in [3.05, 3.63) is 46.1 Å². The number of aromatic nitrogens is 2. The summed E-state index contributed by atoms with van der Waals surface area (Å²) >= 11 is 0. The predicted octanol–water partition coefficient (Wildman–Crippen LogP) is 5.52. The van der Waals surface area contributed by atoms with Crippen LogP contribution in [0, 0.1) is 10.1 Å². The predicted molar refractivity (Wildman–Crippen MR) is 102 cm³/mol. The van der Waals surface area contributed by atoms with Crippen LogP contribution in [0.1, 0.15) is 45.1 Å². The second-order valence-corrected chi connectivity index (χ2v) is 6.29. The van der Waals surface area contributed by atoms with E-state index in [9.17, 15) is 23.3 Å². The molecule has 0 aliphatic carbocycles. The van der Waals surface area contributed by atoms with E-state index in [2.05, 4.69) is 9.97 Å². The van der Waals surface area contributed by atoms with Gasteiger partial charge in [0.2, 0.25) is 11.8 Å². The van der Waals surface area contributed by atoms with E-state index in [1.807, 2.05) is 6.92 Å². The Labute approximate surface area is 166 Å². The van der Waals surface area contributed by atoms with Crippen LogP contribution in [-0.4, -0.2) is 28.0 Å². The molecule has 0 aliphatic rings. The van der Waals surface area contributed by atoms with Gasteiger partial charge >= 0.3 is 6.18 Å². The van der Waals surface area contributed by atoms with Crippen molar-refractivity contribution in [1.29, 1.82) is 0 Å². The number of nitro benzene ring substituents is 1. The Hall–Kier alpha value is -2.91. The molecular weight excluding hydrogens is 389 g/mol. The average Bonchev–Trinajstić information content (AvgIpc) is 2.68. The number of hydrogen-bond donors (Lipinski definition) is 0. The van der Waals surface area contributed by atoms with E-state index < -0.39 is 22.5 Å². The fraction of sp³-hybridized carbons (Fsp3) is 0.474. The van der Waals surface area contributed by atoms with Gasteiger partial charge in [0.15, 0.2) is 0 Å². The summed E-state index contributed by atoms with van der Waals surface area (Å²) < 4.78 is 45.3. The average molecular weight is 412 g/mol. The van der Waals surface area contributed by atoms with Crippen LogP contribution in [0.4, 0.5) is 30.5 Å². The third kappa shape index (κ3) is 5.78. The number of ether oxygens (including phenoxy) is 1. The summed E-state index contributed by atoms with van der Waals surface area (Å²) in [7, 11) is 0. The zero-order valence-corrected chi connectivity index (χ0v) is 16.3. The Kier molecular flexibility index (Phi) is 7.74. The first-order chi connectivity index (χ1) is 13.8. The Bertz CT molecular complexity index is 831. The first-order valence-electron chi connectivity index (χ1n) is 9.37. The molecule has 29 heavy (non-hydrogen) atoms. The van der Waals surface area contributed by atoms with Crippen LogP contribution in [0.5, 0.6) is 5.88 Å². The Balaban J connectivity index is 2.39. The third-order valence-corrected chi connectivity index (χ3v) is 4.21. The first kappa shape index (κ1) is 22.4. The van der Waals surface area contributed by atoms with E-state index in [1.165, 1.54) is 23.1 Å². The van der Waals surface area contributed by atoms with Crippen molar-refractivity contribution >= 4 is 17.3 Å². The topological polar surface area (TPSA) is 81.4 Å². The van der Waals surface area contributed by atoms with Crippen molar-refractivity contribution in [2.75, 3.05) is 18.1 Å². The summed E-state index contributed by atoms with van der Waals surface area (Å²) in [5.41, 5.74) is -1.08. The van der Waals surface area contributed by atoms with Crippen molar-refractivity contribution in [1.82, 2.24) is 9.97 Å². The molecule has 0 fully saturated rings. The van der Waals surface area contributed by atoms with Gasteiger partial charge in [-0.3, -0.25) is 10.1 Å². The molecule has 0 saturated heterocycles. The molecule has 0 N–H and O–H groups in total. The number of para-hydroxylation sites is 2. The van der Waals surface area contributed by atoms with Gasteiger partial charge < -0.3 is 9.64 Å². The molecule has 0 unspecified atom stereocenters. The molecule has 158 valence electrons. The monoisotopic (exact) mass is 412 g/mol. The van der Waals surface area contributed by atoms with Crippen LogP contribution in [-0.2, 0) is 6.18 Å². The zero-order valence-electron chi connectivity index (χ0n) is 16.3. The number of nitrogens with zero attached hydrogens (tertiary/aromatic N) is 4. The van der Waals surface area contributed by atoms with Crippen LogP contribution in [0.15, 0.2) is 30.5 Å². The van der Waals surface area contributed by atoms with Gasteiger partial charge in [-0.25, -0.2) is 4.98 Å². The normalized spacial score (nSPS) is 11.3. The van der Waals surface area contributed by atoms with Gasteiger partial charge in [-0.15, -0.1) is 0 Å².